The van der Waals surface area contributed by atoms with E-state index in [-0.39, 0.29) is 5.56 Å². The van der Waals surface area contributed by atoms with Crippen LogP contribution in [0.25, 0.3) is 0 Å². The molecule has 2 rings (SSSR count). The summed E-state index contributed by atoms with van der Waals surface area (Å²) in [6.07, 6.45) is -0.404. The Hall–Kier alpha value is -2.28. The topological polar surface area (TPSA) is 89.9 Å². The molecular weight excluding hydrogens is 319 g/mol. The molecule has 1 fully saturated rings. The maximum atomic E-state index is 13.7. The summed E-state index contributed by atoms with van der Waals surface area (Å²) in [5.41, 5.74) is -1.49. The third kappa shape index (κ3) is 3.17. The molecule has 1 saturated carbocycles. The number of halogens is 1. The highest BCUT2D eigenvalue weighted by atomic mass is 19.1. The predicted molar refractivity (Wildman–Crippen MR) is 80.4 cm³/mol. The zero-order valence-corrected chi connectivity index (χ0v) is 13.6. The fourth-order valence-electron chi connectivity index (χ4n) is 3.38. The largest absolute Gasteiger partial charge is 0.469 e. The number of Topliss-reactive ketones (excluding diaryl/α,β-unsaturated/α-hetero) is 1. The van der Waals surface area contributed by atoms with Crippen LogP contribution in [0.5, 0.6) is 0 Å². The quantitative estimate of drug-likeness (QED) is 0.658. The summed E-state index contributed by atoms with van der Waals surface area (Å²) in [6, 6.07) is 5.23. The van der Waals surface area contributed by atoms with Crippen molar-refractivity contribution in [2.75, 3.05) is 14.2 Å². The van der Waals surface area contributed by atoms with Gasteiger partial charge in [-0.1, -0.05) is 12.1 Å². The molecule has 0 spiro atoms. The summed E-state index contributed by atoms with van der Waals surface area (Å²) in [6.45, 7) is 1.33. The van der Waals surface area contributed by atoms with Gasteiger partial charge in [-0.15, -0.1) is 0 Å². The molecule has 0 saturated heterocycles. The second-order valence-electron chi connectivity index (χ2n) is 6.08. The number of hydrogen-bond acceptors (Lipinski definition) is 6. The van der Waals surface area contributed by atoms with E-state index in [1.807, 2.05) is 0 Å². The van der Waals surface area contributed by atoms with E-state index in [0.29, 0.717) is 0 Å². The van der Waals surface area contributed by atoms with Crippen LogP contribution < -0.4 is 0 Å². The first-order valence-corrected chi connectivity index (χ1v) is 7.39. The van der Waals surface area contributed by atoms with Crippen molar-refractivity contribution in [3.63, 3.8) is 0 Å². The van der Waals surface area contributed by atoms with Gasteiger partial charge in [0.15, 0.2) is 5.78 Å². The Labute approximate surface area is 138 Å². The number of hydrogen-bond donors (Lipinski definition) is 1. The molecule has 7 heteroatoms. The molecule has 1 N–H and O–H groups in total. The normalized spacial score (nSPS) is 29.9. The van der Waals surface area contributed by atoms with Gasteiger partial charge in [-0.2, -0.15) is 0 Å². The van der Waals surface area contributed by atoms with Crippen molar-refractivity contribution >= 4 is 17.7 Å². The van der Waals surface area contributed by atoms with Crippen LogP contribution in [0.15, 0.2) is 24.3 Å². The van der Waals surface area contributed by atoms with Gasteiger partial charge >= 0.3 is 11.9 Å². The lowest BCUT2D eigenvalue weighted by molar-refractivity contribution is -0.170. The number of rotatable bonds is 3. The number of carbonyl (C=O) groups is 3. The third-order valence-electron chi connectivity index (χ3n) is 4.41. The monoisotopic (exact) mass is 338 g/mol. The Balaban J connectivity index is 2.65. The first-order chi connectivity index (χ1) is 11.2. The molecular formula is C17H19FO6. The van der Waals surface area contributed by atoms with Crippen LogP contribution in [0, 0.1) is 17.7 Å². The third-order valence-corrected chi connectivity index (χ3v) is 4.41. The Bertz CT molecular complexity index is 669. The summed E-state index contributed by atoms with van der Waals surface area (Å²) in [5, 5.41) is 10.6. The Morgan fingerprint density at radius 2 is 1.88 bits per heavy atom. The van der Waals surface area contributed by atoms with E-state index < -0.39 is 53.3 Å². The molecule has 0 unspecified atom stereocenters. The van der Waals surface area contributed by atoms with Crippen LogP contribution >= 0.6 is 0 Å². The number of carbonyl (C=O) groups excluding carboxylic acids is 3. The molecule has 0 heterocycles. The Morgan fingerprint density at radius 3 is 2.42 bits per heavy atom. The fourth-order valence-corrected chi connectivity index (χ4v) is 3.38. The van der Waals surface area contributed by atoms with E-state index in [1.54, 1.807) is 0 Å². The van der Waals surface area contributed by atoms with E-state index >= 15 is 0 Å². The van der Waals surface area contributed by atoms with Gasteiger partial charge in [0.1, 0.15) is 11.7 Å². The molecule has 0 bridgehead atoms. The molecule has 4 atom stereocenters. The zero-order chi connectivity index (χ0) is 18.1. The second-order valence-corrected chi connectivity index (χ2v) is 6.08. The van der Waals surface area contributed by atoms with Crippen molar-refractivity contribution in [3.8, 4) is 0 Å². The lowest BCUT2D eigenvalue weighted by atomic mass is 9.62. The minimum absolute atomic E-state index is 0.245. The number of ketones is 1. The molecule has 24 heavy (non-hydrogen) atoms. The fraction of sp³-hybridized carbons (Fsp3) is 0.471. The molecule has 0 radical (unpaired) electrons. The van der Waals surface area contributed by atoms with Crippen LogP contribution in [-0.4, -0.2) is 42.6 Å². The lowest BCUT2D eigenvalue weighted by Gasteiger charge is -2.43. The zero-order valence-electron chi connectivity index (χ0n) is 13.6. The molecule has 130 valence electrons. The molecule has 0 aromatic heterocycles. The highest BCUT2D eigenvalue weighted by Crippen LogP contribution is 2.46. The average molecular weight is 338 g/mol. The molecule has 0 amide bonds. The summed E-state index contributed by atoms with van der Waals surface area (Å²) < 4.78 is 23.1. The van der Waals surface area contributed by atoms with Crippen molar-refractivity contribution in [1.82, 2.24) is 0 Å². The van der Waals surface area contributed by atoms with Crippen molar-refractivity contribution in [3.05, 3.63) is 35.6 Å². The molecule has 6 nitrogen and oxygen atoms in total. The maximum absolute atomic E-state index is 13.7. The first kappa shape index (κ1) is 18.1. The summed E-state index contributed by atoms with van der Waals surface area (Å²) >= 11 is 0. The van der Waals surface area contributed by atoms with Crippen molar-refractivity contribution in [2.24, 2.45) is 11.8 Å². The summed E-state index contributed by atoms with van der Waals surface area (Å²) in [7, 11) is 2.27. The van der Waals surface area contributed by atoms with Gasteiger partial charge in [0.05, 0.1) is 25.7 Å². The number of esters is 2. The minimum Gasteiger partial charge on any atom is -0.469 e. The van der Waals surface area contributed by atoms with E-state index in [1.165, 1.54) is 25.1 Å². The van der Waals surface area contributed by atoms with E-state index in [4.69, 9.17) is 4.74 Å². The highest BCUT2D eigenvalue weighted by Gasteiger charge is 2.56. The van der Waals surface area contributed by atoms with Crippen LogP contribution in [0.2, 0.25) is 0 Å². The van der Waals surface area contributed by atoms with Crippen molar-refractivity contribution in [2.45, 2.75) is 24.9 Å². The van der Waals surface area contributed by atoms with E-state index in [0.717, 1.165) is 20.3 Å². The molecule has 1 aromatic rings. The number of methoxy groups -OCH3 is 2. The summed E-state index contributed by atoms with van der Waals surface area (Å²) in [4.78, 5) is 36.8. The molecule has 1 aromatic carbocycles. The molecule has 0 aliphatic heterocycles. The van der Waals surface area contributed by atoms with E-state index in [2.05, 4.69) is 4.74 Å². The number of ether oxygens (including phenoxy) is 2. The Morgan fingerprint density at radius 1 is 1.25 bits per heavy atom. The SMILES string of the molecule is COC(=O)[C@H]1C(=O)C[C@](C)(O)[C@@H](C(=O)OC)[C@@H]1c1cccc(F)c1. The average Bonchev–Trinajstić information content (AvgIpc) is 2.52. The molecule has 1 aliphatic carbocycles. The highest BCUT2D eigenvalue weighted by molar-refractivity contribution is 6.02. The van der Waals surface area contributed by atoms with Gasteiger partial charge in [0, 0.05) is 12.3 Å². The first-order valence-electron chi connectivity index (χ1n) is 7.39. The van der Waals surface area contributed by atoms with Crippen LogP contribution in [0.1, 0.15) is 24.8 Å². The predicted octanol–water partition coefficient (Wildman–Crippen LogP) is 1.21. The van der Waals surface area contributed by atoms with Gasteiger partial charge in [0.2, 0.25) is 0 Å². The van der Waals surface area contributed by atoms with Gasteiger partial charge in [-0.25, -0.2) is 4.39 Å². The van der Waals surface area contributed by atoms with Crippen LogP contribution in [0.3, 0.4) is 0 Å². The van der Waals surface area contributed by atoms with E-state index in [9.17, 15) is 23.9 Å². The lowest BCUT2D eigenvalue weighted by Crippen LogP contribution is -2.55. The van der Waals surface area contributed by atoms with Crippen LogP contribution in [0.4, 0.5) is 4.39 Å². The van der Waals surface area contributed by atoms with Crippen LogP contribution in [-0.2, 0) is 23.9 Å². The summed E-state index contributed by atoms with van der Waals surface area (Å²) in [5.74, 6) is -6.39. The van der Waals surface area contributed by atoms with Crippen molar-refractivity contribution in [1.29, 1.82) is 0 Å². The van der Waals surface area contributed by atoms with Gasteiger partial charge in [0.25, 0.3) is 0 Å². The van der Waals surface area contributed by atoms with Crippen molar-refractivity contribution < 1.29 is 33.4 Å². The van der Waals surface area contributed by atoms with Gasteiger partial charge < -0.3 is 14.6 Å². The maximum Gasteiger partial charge on any atom is 0.316 e. The standard InChI is InChI=1S/C17H19FO6/c1-17(22)8-11(19)13(15(20)23-2)12(14(17)16(21)24-3)9-5-4-6-10(18)7-9/h4-7,12-14,22H,8H2,1-3H3/t12-,13+,14-,17+/m1/s1. The minimum atomic E-state index is -1.73. The molecule has 1 aliphatic rings. The van der Waals surface area contributed by atoms with Gasteiger partial charge in [-0.3, -0.25) is 14.4 Å². The smallest absolute Gasteiger partial charge is 0.316 e. The number of benzene rings is 1. The Kier molecular flexibility index (Phi) is 5.03. The van der Waals surface area contributed by atoms with Gasteiger partial charge in [-0.05, 0) is 24.6 Å². The number of aliphatic hydroxyl groups is 1. The second kappa shape index (κ2) is 6.68.